The third-order valence-electron chi connectivity index (χ3n) is 1.59. The van der Waals surface area contributed by atoms with Crippen molar-refractivity contribution in [3.63, 3.8) is 0 Å². The predicted molar refractivity (Wildman–Crippen MR) is 31.2 cm³/mol. The molecular formula is C6F10O2. The van der Waals surface area contributed by atoms with Crippen molar-refractivity contribution in [1.29, 1.82) is 0 Å². The van der Waals surface area contributed by atoms with E-state index >= 15 is 0 Å². The lowest BCUT2D eigenvalue weighted by atomic mass is 10.3. The van der Waals surface area contributed by atoms with Gasteiger partial charge in [0.15, 0.2) is 0 Å². The third kappa shape index (κ3) is 2.33. The lowest BCUT2D eigenvalue weighted by Crippen LogP contribution is -2.58. The molecule has 0 bridgehead atoms. The van der Waals surface area contributed by atoms with Crippen molar-refractivity contribution in [1.82, 2.24) is 0 Å². The molecule has 0 saturated carbocycles. The molecule has 0 unspecified atom stereocenters. The monoisotopic (exact) mass is 294 g/mol. The Morgan fingerprint density at radius 1 is 0.778 bits per heavy atom. The van der Waals surface area contributed by atoms with E-state index in [1.807, 2.05) is 0 Å². The van der Waals surface area contributed by atoms with Crippen molar-refractivity contribution in [3.05, 3.63) is 11.8 Å². The first kappa shape index (κ1) is 14.9. The van der Waals surface area contributed by atoms with Gasteiger partial charge in [-0.25, -0.2) is 0 Å². The summed E-state index contributed by atoms with van der Waals surface area (Å²) in [5, 5.41) is 0. The van der Waals surface area contributed by atoms with Crippen molar-refractivity contribution < 1.29 is 53.4 Å². The van der Waals surface area contributed by atoms with Crippen molar-refractivity contribution in [3.8, 4) is 0 Å². The molecule has 0 N–H and O–H groups in total. The Hall–Kier alpha value is -1.20. The molecule has 0 aromatic carbocycles. The summed E-state index contributed by atoms with van der Waals surface area (Å²) in [6.07, 6.45) is -19.2. The fourth-order valence-electron chi connectivity index (χ4n) is 0.737. The quantitative estimate of drug-likeness (QED) is 0.742. The lowest BCUT2D eigenvalue weighted by molar-refractivity contribution is -0.474. The molecular weight excluding hydrogens is 294 g/mol. The van der Waals surface area contributed by atoms with Crippen molar-refractivity contribution in [2.24, 2.45) is 0 Å². The highest BCUT2D eigenvalue weighted by Crippen LogP contribution is 2.52. The molecule has 0 radical (unpaired) electrons. The Labute approximate surface area is 90.8 Å². The molecule has 12 heteroatoms. The first-order valence-electron chi connectivity index (χ1n) is 3.71. The smallest absolute Gasteiger partial charge is 0.417 e. The maximum atomic E-state index is 12.7. The summed E-state index contributed by atoms with van der Waals surface area (Å²) in [6.45, 7) is 0. The van der Waals surface area contributed by atoms with Crippen LogP contribution in [0.3, 0.4) is 0 Å². The first-order valence-corrected chi connectivity index (χ1v) is 3.71. The molecule has 0 aromatic rings. The number of ether oxygens (including phenoxy) is 2. The molecule has 0 amide bonds. The standard InChI is InChI=1S/C6F10O2/c7-2-1(17-2)3(8,9)18-4(10,5(11,12)13)6(14,15)16. The molecule has 0 aliphatic carbocycles. The molecule has 1 aliphatic heterocycles. The number of hydrogen-bond donors (Lipinski definition) is 0. The van der Waals surface area contributed by atoms with E-state index < -0.39 is 36.1 Å². The largest absolute Gasteiger partial charge is 0.458 e. The summed E-state index contributed by atoms with van der Waals surface area (Å²) in [7, 11) is 0. The van der Waals surface area contributed by atoms with E-state index in [1.165, 1.54) is 0 Å². The van der Waals surface area contributed by atoms with Crippen LogP contribution in [0.2, 0.25) is 0 Å². The Morgan fingerprint density at radius 3 is 1.33 bits per heavy atom. The van der Waals surface area contributed by atoms with Crippen LogP contribution < -0.4 is 0 Å². The summed E-state index contributed by atoms with van der Waals surface area (Å²) in [6, 6.07) is -2.15. The van der Waals surface area contributed by atoms with Crippen molar-refractivity contribution >= 4 is 0 Å². The lowest BCUT2D eigenvalue weighted by Gasteiger charge is -2.31. The van der Waals surface area contributed by atoms with Gasteiger partial charge < -0.3 is 4.74 Å². The van der Waals surface area contributed by atoms with Crippen LogP contribution in [-0.4, -0.2) is 24.3 Å². The highest BCUT2D eigenvalue weighted by atomic mass is 19.4. The van der Waals surface area contributed by atoms with Crippen molar-refractivity contribution in [2.45, 2.75) is 24.3 Å². The second-order valence-electron chi connectivity index (χ2n) is 2.91. The second-order valence-corrected chi connectivity index (χ2v) is 2.91. The maximum Gasteiger partial charge on any atom is 0.458 e. The minimum atomic E-state index is -6.85. The topological polar surface area (TPSA) is 21.8 Å². The molecule has 1 rings (SSSR count). The van der Waals surface area contributed by atoms with Gasteiger partial charge in [-0.2, -0.15) is 43.9 Å². The Kier molecular flexibility index (Phi) is 3.01. The van der Waals surface area contributed by atoms with Crippen LogP contribution in [0.4, 0.5) is 43.9 Å². The van der Waals surface area contributed by atoms with Gasteiger partial charge in [-0.05, 0) is 0 Å². The SMILES string of the molecule is FC1=C(C(F)(F)OC(F)(C(F)(F)F)C(F)(F)F)O1. The van der Waals surface area contributed by atoms with Gasteiger partial charge in [-0.3, -0.25) is 4.74 Å². The van der Waals surface area contributed by atoms with Crippen LogP contribution in [-0.2, 0) is 9.47 Å². The Morgan fingerprint density at radius 2 is 1.11 bits per heavy atom. The molecule has 0 spiro atoms. The summed E-state index contributed by atoms with van der Waals surface area (Å²) in [4.78, 5) is 0. The molecule has 1 aliphatic rings. The summed E-state index contributed by atoms with van der Waals surface area (Å²) < 4.78 is 126. The third-order valence-corrected chi connectivity index (χ3v) is 1.59. The van der Waals surface area contributed by atoms with Crippen molar-refractivity contribution in [2.75, 3.05) is 0 Å². The van der Waals surface area contributed by atoms with Gasteiger partial charge in [-0.15, -0.1) is 0 Å². The fraction of sp³-hybridized carbons (Fsp3) is 0.667. The van der Waals surface area contributed by atoms with Gasteiger partial charge in [0.05, 0.1) is 0 Å². The van der Waals surface area contributed by atoms with E-state index in [0.717, 1.165) is 0 Å². The molecule has 0 atom stereocenters. The first-order chi connectivity index (χ1) is 7.72. The second kappa shape index (κ2) is 3.65. The molecule has 2 nitrogen and oxygen atoms in total. The number of rotatable bonds is 3. The minimum absolute atomic E-state index is 2.08. The molecule has 18 heavy (non-hydrogen) atoms. The van der Waals surface area contributed by atoms with Crippen LogP contribution in [0, 0.1) is 0 Å². The zero-order valence-corrected chi connectivity index (χ0v) is 7.60. The van der Waals surface area contributed by atoms with Gasteiger partial charge >= 0.3 is 30.3 Å². The molecule has 0 saturated heterocycles. The highest BCUT2D eigenvalue weighted by Gasteiger charge is 2.78. The van der Waals surface area contributed by atoms with E-state index in [2.05, 4.69) is 9.47 Å². The van der Waals surface area contributed by atoms with Crippen LogP contribution in [0.25, 0.3) is 0 Å². The van der Waals surface area contributed by atoms with Crippen LogP contribution in [0.15, 0.2) is 11.8 Å². The van der Waals surface area contributed by atoms with E-state index in [9.17, 15) is 43.9 Å². The number of hydrogen-bond acceptors (Lipinski definition) is 2. The maximum absolute atomic E-state index is 12.7. The molecule has 0 fully saturated rings. The van der Waals surface area contributed by atoms with E-state index in [4.69, 9.17) is 0 Å². The molecule has 106 valence electrons. The van der Waals surface area contributed by atoms with E-state index in [1.54, 1.807) is 0 Å². The normalized spacial score (nSPS) is 17.9. The zero-order chi connectivity index (χ0) is 14.6. The Balaban J connectivity index is 3.09. The average Bonchev–Trinajstić information content (AvgIpc) is 2.78. The summed E-state index contributed by atoms with van der Waals surface area (Å²) in [5.74, 6) is -8.92. The summed E-state index contributed by atoms with van der Waals surface area (Å²) in [5.41, 5.74) is 0. The number of alkyl halides is 9. The molecule has 1 heterocycles. The van der Waals surface area contributed by atoms with Gasteiger partial charge in [0.2, 0.25) is 0 Å². The number of halogens is 10. The van der Waals surface area contributed by atoms with Gasteiger partial charge in [0.1, 0.15) is 0 Å². The van der Waals surface area contributed by atoms with Gasteiger partial charge in [0, 0.05) is 0 Å². The highest BCUT2D eigenvalue weighted by molar-refractivity contribution is 5.17. The summed E-state index contributed by atoms with van der Waals surface area (Å²) >= 11 is 0. The minimum Gasteiger partial charge on any atom is -0.417 e. The van der Waals surface area contributed by atoms with E-state index in [-0.39, 0.29) is 0 Å². The fourth-order valence-corrected chi connectivity index (χ4v) is 0.737. The molecule has 0 aromatic heterocycles. The van der Waals surface area contributed by atoms with E-state index in [0.29, 0.717) is 0 Å². The van der Waals surface area contributed by atoms with Crippen LogP contribution >= 0.6 is 0 Å². The van der Waals surface area contributed by atoms with Crippen LogP contribution in [0.1, 0.15) is 0 Å². The van der Waals surface area contributed by atoms with Gasteiger partial charge in [0.25, 0.3) is 5.76 Å². The Bertz CT molecular complexity index is 363. The van der Waals surface area contributed by atoms with Crippen LogP contribution in [0.5, 0.6) is 0 Å². The zero-order valence-electron chi connectivity index (χ0n) is 7.60. The predicted octanol–water partition coefficient (Wildman–Crippen LogP) is 3.55. The van der Waals surface area contributed by atoms with Gasteiger partial charge in [-0.1, -0.05) is 0 Å². The average molecular weight is 294 g/mol.